The normalized spacial score (nSPS) is 10.2. The highest BCUT2D eigenvalue weighted by molar-refractivity contribution is 5.96. The standard InChI is InChI=1S/C23H23N3O2/c1-17-7-11-20(12-8-17)24-16-22(27)26-21-13-9-19(10-14-21)23(28)25-15-18-5-3-2-4-6-18/h2-14,24H,15-16H2,1H3,(H,25,28)(H,26,27). The molecule has 0 spiro atoms. The van der Waals surface area contributed by atoms with E-state index in [1.54, 1.807) is 24.3 Å². The molecule has 0 aromatic heterocycles. The molecule has 2 amide bonds. The maximum Gasteiger partial charge on any atom is 0.251 e. The lowest BCUT2D eigenvalue weighted by Gasteiger charge is -2.09. The summed E-state index contributed by atoms with van der Waals surface area (Å²) in [4.78, 5) is 24.3. The first-order valence-corrected chi connectivity index (χ1v) is 9.13. The zero-order valence-corrected chi connectivity index (χ0v) is 15.7. The second-order valence-corrected chi connectivity index (χ2v) is 6.51. The largest absolute Gasteiger partial charge is 0.376 e. The van der Waals surface area contributed by atoms with Crippen molar-refractivity contribution in [3.05, 3.63) is 95.6 Å². The Kier molecular flexibility index (Phi) is 6.41. The van der Waals surface area contributed by atoms with Gasteiger partial charge in [-0.05, 0) is 48.9 Å². The molecule has 0 heterocycles. The van der Waals surface area contributed by atoms with Gasteiger partial charge in [0.25, 0.3) is 5.91 Å². The van der Waals surface area contributed by atoms with E-state index in [4.69, 9.17) is 0 Å². The molecule has 0 radical (unpaired) electrons. The van der Waals surface area contributed by atoms with Gasteiger partial charge in [-0.1, -0.05) is 48.0 Å². The number of hydrogen-bond donors (Lipinski definition) is 3. The summed E-state index contributed by atoms with van der Waals surface area (Å²) in [6.45, 7) is 2.66. The first kappa shape index (κ1) is 19.2. The number of nitrogens with one attached hydrogen (secondary N) is 3. The van der Waals surface area contributed by atoms with Crippen LogP contribution in [0.5, 0.6) is 0 Å². The number of hydrogen-bond acceptors (Lipinski definition) is 3. The van der Waals surface area contributed by atoms with Gasteiger partial charge in [0.2, 0.25) is 5.91 Å². The summed E-state index contributed by atoms with van der Waals surface area (Å²) in [6.07, 6.45) is 0. The molecular formula is C23H23N3O2. The van der Waals surface area contributed by atoms with E-state index >= 15 is 0 Å². The number of anilines is 2. The van der Waals surface area contributed by atoms with Crippen LogP contribution < -0.4 is 16.0 Å². The third-order valence-electron chi connectivity index (χ3n) is 4.23. The Balaban J connectivity index is 1.47. The summed E-state index contributed by atoms with van der Waals surface area (Å²) in [5, 5.41) is 8.77. The van der Waals surface area contributed by atoms with Gasteiger partial charge in [0.1, 0.15) is 0 Å². The van der Waals surface area contributed by atoms with Crippen LogP contribution in [0.4, 0.5) is 11.4 Å². The lowest BCUT2D eigenvalue weighted by atomic mass is 10.1. The minimum Gasteiger partial charge on any atom is -0.376 e. The van der Waals surface area contributed by atoms with Crippen LogP contribution in [0.1, 0.15) is 21.5 Å². The van der Waals surface area contributed by atoms with Crippen molar-refractivity contribution in [1.82, 2.24) is 5.32 Å². The smallest absolute Gasteiger partial charge is 0.251 e. The summed E-state index contributed by atoms with van der Waals surface area (Å²) in [7, 11) is 0. The molecule has 3 rings (SSSR count). The summed E-state index contributed by atoms with van der Waals surface area (Å²) < 4.78 is 0. The zero-order valence-electron chi connectivity index (χ0n) is 15.7. The van der Waals surface area contributed by atoms with Gasteiger partial charge in [0.05, 0.1) is 6.54 Å². The lowest BCUT2D eigenvalue weighted by molar-refractivity contribution is -0.114. The molecule has 3 N–H and O–H groups in total. The second-order valence-electron chi connectivity index (χ2n) is 6.51. The third-order valence-corrected chi connectivity index (χ3v) is 4.23. The van der Waals surface area contributed by atoms with Crippen molar-refractivity contribution in [2.75, 3.05) is 17.2 Å². The molecule has 0 saturated carbocycles. The average molecular weight is 373 g/mol. The molecule has 0 saturated heterocycles. The molecule has 0 fully saturated rings. The average Bonchev–Trinajstić information content (AvgIpc) is 2.73. The van der Waals surface area contributed by atoms with Gasteiger partial charge in [-0.2, -0.15) is 0 Å². The highest BCUT2D eigenvalue weighted by Gasteiger charge is 2.07. The van der Waals surface area contributed by atoms with E-state index in [0.717, 1.165) is 11.3 Å². The van der Waals surface area contributed by atoms with E-state index in [0.29, 0.717) is 17.8 Å². The van der Waals surface area contributed by atoms with Crippen LogP contribution in [0, 0.1) is 6.92 Å². The molecule has 0 aliphatic carbocycles. The maximum absolute atomic E-state index is 12.2. The fourth-order valence-electron chi connectivity index (χ4n) is 2.64. The monoisotopic (exact) mass is 373 g/mol. The minimum absolute atomic E-state index is 0.150. The molecule has 28 heavy (non-hydrogen) atoms. The Morgan fingerprint density at radius 2 is 1.43 bits per heavy atom. The van der Waals surface area contributed by atoms with E-state index in [2.05, 4.69) is 16.0 Å². The zero-order chi connectivity index (χ0) is 19.8. The molecular weight excluding hydrogens is 350 g/mol. The summed E-state index contributed by atoms with van der Waals surface area (Å²) in [5.74, 6) is -0.301. The Morgan fingerprint density at radius 3 is 2.11 bits per heavy atom. The number of carbonyl (C=O) groups is 2. The fourth-order valence-corrected chi connectivity index (χ4v) is 2.64. The minimum atomic E-state index is -0.151. The molecule has 5 heteroatoms. The summed E-state index contributed by atoms with van der Waals surface area (Å²) in [5.41, 5.74) is 4.30. The van der Waals surface area contributed by atoms with Crippen LogP contribution in [0.25, 0.3) is 0 Å². The van der Waals surface area contributed by atoms with E-state index < -0.39 is 0 Å². The van der Waals surface area contributed by atoms with Crippen molar-refractivity contribution >= 4 is 23.2 Å². The van der Waals surface area contributed by atoms with Gasteiger partial charge in [0.15, 0.2) is 0 Å². The Morgan fingerprint density at radius 1 is 0.786 bits per heavy atom. The van der Waals surface area contributed by atoms with Gasteiger partial charge in [-0.3, -0.25) is 9.59 Å². The van der Waals surface area contributed by atoms with Crippen LogP contribution in [0.2, 0.25) is 0 Å². The molecule has 0 unspecified atom stereocenters. The maximum atomic E-state index is 12.2. The predicted octanol–water partition coefficient (Wildman–Crippen LogP) is 3.98. The van der Waals surface area contributed by atoms with E-state index in [-0.39, 0.29) is 18.4 Å². The van der Waals surface area contributed by atoms with Crippen LogP contribution in [-0.2, 0) is 11.3 Å². The van der Waals surface area contributed by atoms with Crippen molar-refractivity contribution in [3.63, 3.8) is 0 Å². The lowest BCUT2D eigenvalue weighted by Crippen LogP contribution is -2.23. The van der Waals surface area contributed by atoms with Crippen LogP contribution in [0.3, 0.4) is 0 Å². The van der Waals surface area contributed by atoms with Crippen molar-refractivity contribution in [2.45, 2.75) is 13.5 Å². The SMILES string of the molecule is Cc1ccc(NCC(=O)Nc2ccc(C(=O)NCc3ccccc3)cc2)cc1. The molecule has 5 nitrogen and oxygen atoms in total. The van der Waals surface area contributed by atoms with Gasteiger partial charge in [-0.15, -0.1) is 0 Å². The van der Waals surface area contributed by atoms with Gasteiger partial charge < -0.3 is 16.0 Å². The first-order valence-electron chi connectivity index (χ1n) is 9.13. The number of carbonyl (C=O) groups excluding carboxylic acids is 2. The van der Waals surface area contributed by atoms with Gasteiger partial charge in [-0.25, -0.2) is 0 Å². The van der Waals surface area contributed by atoms with Crippen molar-refractivity contribution in [1.29, 1.82) is 0 Å². The number of amides is 2. The highest BCUT2D eigenvalue weighted by Crippen LogP contribution is 2.11. The second kappa shape index (κ2) is 9.37. The topological polar surface area (TPSA) is 70.2 Å². The fraction of sp³-hybridized carbons (Fsp3) is 0.130. The molecule has 3 aromatic carbocycles. The molecule has 0 aliphatic rings. The Bertz CT molecular complexity index is 920. The van der Waals surface area contributed by atoms with Crippen LogP contribution in [-0.4, -0.2) is 18.4 Å². The number of benzene rings is 3. The Hall–Kier alpha value is -3.60. The molecule has 0 aliphatic heterocycles. The van der Waals surface area contributed by atoms with Crippen LogP contribution >= 0.6 is 0 Å². The van der Waals surface area contributed by atoms with E-state index in [1.807, 2.05) is 61.5 Å². The van der Waals surface area contributed by atoms with E-state index in [1.165, 1.54) is 5.56 Å². The Labute approximate surface area is 164 Å². The highest BCUT2D eigenvalue weighted by atomic mass is 16.2. The predicted molar refractivity (Wildman–Crippen MR) is 112 cm³/mol. The van der Waals surface area contributed by atoms with Crippen molar-refractivity contribution in [2.24, 2.45) is 0 Å². The summed E-state index contributed by atoms with van der Waals surface area (Å²) in [6, 6.07) is 24.4. The first-order chi connectivity index (χ1) is 13.6. The molecule has 0 atom stereocenters. The molecule has 142 valence electrons. The van der Waals surface area contributed by atoms with Gasteiger partial charge in [0, 0.05) is 23.5 Å². The number of rotatable bonds is 7. The quantitative estimate of drug-likeness (QED) is 0.587. The van der Waals surface area contributed by atoms with Crippen molar-refractivity contribution < 1.29 is 9.59 Å². The third kappa shape index (κ3) is 5.71. The van der Waals surface area contributed by atoms with Crippen molar-refractivity contribution in [3.8, 4) is 0 Å². The summed E-state index contributed by atoms with van der Waals surface area (Å²) >= 11 is 0. The van der Waals surface area contributed by atoms with Crippen LogP contribution in [0.15, 0.2) is 78.9 Å². The number of aryl methyl sites for hydroxylation is 1. The van der Waals surface area contributed by atoms with E-state index in [9.17, 15) is 9.59 Å². The molecule has 3 aromatic rings. The molecule has 0 bridgehead atoms. The van der Waals surface area contributed by atoms with Gasteiger partial charge >= 0.3 is 0 Å².